The summed E-state index contributed by atoms with van der Waals surface area (Å²) in [5.74, 6) is -0.347. The van der Waals surface area contributed by atoms with Crippen molar-refractivity contribution in [2.24, 2.45) is 0 Å². The second-order valence-corrected chi connectivity index (χ2v) is 9.04. The predicted molar refractivity (Wildman–Crippen MR) is 116 cm³/mol. The lowest BCUT2D eigenvalue weighted by Gasteiger charge is -2.13. The van der Waals surface area contributed by atoms with Gasteiger partial charge in [0.25, 0.3) is 10.0 Å². The topological polar surface area (TPSA) is 89.8 Å². The highest BCUT2D eigenvalue weighted by Crippen LogP contribution is 2.26. The molecule has 1 aromatic heterocycles. The van der Waals surface area contributed by atoms with Crippen LogP contribution in [0.5, 0.6) is 0 Å². The Morgan fingerprint density at radius 1 is 0.968 bits per heavy atom. The zero-order valence-corrected chi connectivity index (χ0v) is 18.0. The SMILES string of the molecule is O=S(=O)(Nc1cc(Cl)ccc1Cn1nnc(-c2ccccc2F)n1)c1ccc(Cl)cc1. The molecule has 0 amide bonds. The number of hydrogen-bond acceptors (Lipinski definition) is 5. The molecule has 0 radical (unpaired) electrons. The van der Waals surface area contributed by atoms with Crippen molar-refractivity contribution >= 4 is 38.9 Å². The Morgan fingerprint density at radius 3 is 2.42 bits per heavy atom. The Kier molecular flexibility index (Phi) is 5.90. The molecule has 11 heteroatoms. The van der Waals surface area contributed by atoms with Gasteiger partial charge in [0.2, 0.25) is 5.82 Å². The van der Waals surface area contributed by atoms with E-state index in [1.165, 1.54) is 41.2 Å². The maximum atomic E-state index is 14.0. The van der Waals surface area contributed by atoms with Crippen LogP contribution in [0, 0.1) is 5.82 Å². The summed E-state index contributed by atoms with van der Waals surface area (Å²) in [6.45, 7) is 0.0804. The maximum Gasteiger partial charge on any atom is 0.261 e. The molecular formula is C20H14Cl2FN5O2S. The molecule has 4 aromatic rings. The highest BCUT2D eigenvalue weighted by molar-refractivity contribution is 7.92. The molecule has 0 unspecified atom stereocenters. The van der Waals surface area contributed by atoms with Gasteiger partial charge in [0.05, 0.1) is 22.7 Å². The van der Waals surface area contributed by atoms with Gasteiger partial charge in [-0.2, -0.15) is 4.80 Å². The molecule has 0 bridgehead atoms. The highest BCUT2D eigenvalue weighted by Gasteiger charge is 2.18. The van der Waals surface area contributed by atoms with Gasteiger partial charge >= 0.3 is 0 Å². The van der Waals surface area contributed by atoms with Crippen LogP contribution < -0.4 is 4.72 Å². The van der Waals surface area contributed by atoms with Crippen LogP contribution in [0.25, 0.3) is 11.4 Å². The molecule has 0 atom stereocenters. The van der Waals surface area contributed by atoms with Crippen molar-refractivity contribution in [3.05, 3.63) is 88.2 Å². The Labute approximate surface area is 187 Å². The number of nitrogens with one attached hydrogen (secondary N) is 1. The lowest BCUT2D eigenvalue weighted by atomic mass is 10.2. The minimum Gasteiger partial charge on any atom is -0.279 e. The molecule has 1 N–H and O–H groups in total. The van der Waals surface area contributed by atoms with Gasteiger partial charge in [-0.05, 0) is 59.3 Å². The molecule has 158 valence electrons. The number of anilines is 1. The van der Waals surface area contributed by atoms with Gasteiger partial charge in [-0.15, -0.1) is 10.2 Å². The van der Waals surface area contributed by atoms with Crippen molar-refractivity contribution < 1.29 is 12.8 Å². The fraction of sp³-hybridized carbons (Fsp3) is 0.0500. The molecule has 0 saturated carbocycles. The molecule has 4 rings (SSSR count). The molecule has 0 spiro atoms. The van der Waals surface area contributed by atoms with E-state index in [2.05, 4.69) is 20.1 Å². The number of aromatic nitrogens is 4. The summed E-state index contributed by atoms with van der Waals surface area (Å²) >= 11 is 11.9. The van der Waals surface area contributed by atoms with Crippen LogP contribution in [0.4, 0.5) is 10.1 Å². The van der Waals surface area contributed by atoms with Crippen LogP contribution in [0.15, 0.2) is 71.6 Å². The van der Waals surface area contributed by atoms with Crippen LogP contribution in [0.1, 0.15) is 5.56 Å². The molecule has 7 nitrogen and oxygen atoms in total. The second-order valence-electron chi connectivity index (χ2n) is 6.48. The Bertz CT molecular complexity index is 1340. The minimum absolute atomic E-state index is 0.0449. The van der Waals surface area contributed by atoms with Gasteiger partial charge in [-0.3, -0.25) is 4.72 Å². The Balaban J connectivity index is 1.62. The lowest BCUT2D eigenvalue weighted by Crippen LogP contribution is -2.15. The summed E-state index contributed by atoms with van der Waals surface area (Å²) in [7, 11) is -3.89. The van der Waals surface area contributed by atoms with E-state index in [4.69, 9.17) is 23.2 Å². The van der Waals surface area contributed by atoms with E-state index in [9.17, 15) is 12.8 Å². The van der Waals surface area contributed by atoms with Crippen LogP contribution in [0.3, 0.4) is 0 Å². The van der Waals surface area contributed by atoms with Gasteiger partial charge in [0.1, 0.15) is 5.82 Å². The van der Waals surface area contributed by atoms with E-state index < -0.39 is 15.8 Å². The highest BCUT2D eigenvalue weighted by atomic mass is 35.5. The summed E-state index contributed by atoms with van der Waals surface area (Å²) in [6, 6.07) is 16.6. The number of tetrazole rings is 1. The molecule has 0 fully saturated rings. The first kappa shape index (κ1) is 21.2. The number of benzene rings is 3. The van der Waals surface area contributed by atoms with Gasteiger partial charge in [-0.1, -0.05) is 41.4 Å². The monoisotopic (exact) mass is 477 g/mol. The molecular weight excluding hydrogens is 464 g/mol. The summed E-state index contributed by atoms with van der Waals surface area (Å²) < 4.78 is 42.0. The third-order valence-corrected chi connectivity index (χ3v) is 6.19. The molecule has 3 aromatic carbocycles. The molecule has 0 aliphatic rings. The number of rotatable bonds is 6. The molecule has 0 saturated heterocycles. The summed E-state index contributed by atoms with van der Waals surface area (Å²) in [6.07, 6.45) is 0. The van der Waals surface area contributed by atoms with Crippen molar-refractivity contribution in [1.82, 2.24) is 20.2 Å². The van der Waals surface area contributed by atoms with E-state index in [1.54, 1.807) is 30.3 Å². The molecule has 31 heavy (non-hydrogen) atoms. The second kappa shape index (κ2) is 8.62. The summed E-state index contributed by atoms with van der Waals surface area (Å²) in [5.41, 5.74) is 1.01. The van der Waals surface area contributed by atoms with Crippen molar-refractivity contribution in [2.75, 3.05) is 4.72 Å². The number of hydrogen-bond donors (Lipinski definition) is 1. The normalized spacial score (nSPS) is 11.5. The third kappa shape index (κ3) is 4.84. The fourth-order valence-electron chi connectivity index (χ4n) is 2.81. The Hall–Kier alpha value is -3.01. The third-order valence-electron chi connectivity index (χ3n) is 4.32. The van der Waals surface area contributed by atoms with Crippen molar-refractivity contribution in [3.63, 3.8) is 0 Å². The quantitative estimate of drug-likeness (QED) is 0.436. The average Bonchev–Trinajstić information content (AvgIpc) is 3.19. The largest absolute Gasteiger partial charge is 0.279 e. The standard InChI is InChI=1S/C20H14Cl2FN5O2S/c21-14-7-9-16(10-8-14)31(29,30)26-19-11-15(22)6-5-13(19)12-28-25-20(24-27-28)17-3-1-2-4-18(17)23/h1-11,26H,12H2. The van der Waals surface area contributed by atoms with E-state index >= 15 is 0 Å². The minimum atomic E-state index is -3.89. The molecule has 0 aliphatic carbocycles. The van der Waals surface area contributed by atoms with E-state index in [0.717, 1.165) is 0 Å². The van der Waals surface area contributed by atoms with Gasteiger partial charge in [-0.25, -0.2) is 12.8 Å². The predicted octanol–water partition coefficient (Wildman–Crippen LogP) is 4.64. The first-order valence-electron chi connectivity index (χ1n) is 8.91. The van der Waals surface area contributed by atoms with Crippen molar-refractivity contribution in [3.8, 4) is 11.4 Å². The number of sulfonamides is 1. The zero-order valence-electron chi connectivity index (χ0n) is 15.7. The van der Waals surface area contributed by atoms with Gasteiger partial charge in [0.15, 0.2) is 0 Å². The lowest BCUT2D eigenvalue weighted by molar-refractivity contribution is 0.573. The van der Waals surface area contributed by atoms with E-state index in [0.29, 0.717) is 15.6 Å². The summed E-state index contributed by atoms with van der Waals surface area (Å²) in [5, 5.41) is 12.8. The van der Waals surface area contributed by atoms with Gasteiger partial charge < -0.3 is 0 Å². The first-order chi connectivity index (χ1) is 14.8. The van der Waals surface area contributed by atoms with Crippen LogP contribution in [-0.4, -0.2) is 28.6 Å². The van der Waals surface area contributed by atoms with Crippen LogP contribution in [0.2, 0.25) is 10.0 Å². The first-order valence-corrected chi connectivity index (χ1v) is 11.2. The number of nitrogens with zero attached hydrogens (tertiary/aromatic N) is 4. The Morgan fingerprint density at radius 2 is 1.68 bits per heavy atom. The molecule has 1 heterocycles. The zero-order chi connectivity index (χ0) is 22.0. The average molecular weight is 478 g/mol. The fourth-order valence-corrected chi connectivity index (χ4v) is 4.20. The van der Waals surface area contributed by atoms with E-state index in [1.807, 2.05) is 0 Å². The van der Waals surface area contributed by atoms with Gasteiger partial charge in [0, 0.05) is 10.0 Å². The van der Waals surface area contributed by atoms with E-state index in [-0.39, 0.29) is 28.5 Å². The van der Waals surface area contributed by atoms with Crippen LogP contribution in [-0.2, 0) is 16.6 Å². The van der Waals surface area contributed by atoms with Crippen LogP contribution >= 0.6 is 23.2 Å². The van der Waals surface area contributed by atoms with Crippen molar-refractivity contribution in [2.45, 2.75) is 11.4 Å². The molecule has 0 aliphatic heterocycles. The maximum absolute atomic E-state index is 14.0. The smallest absolute Gasteiger partial charge is 0.261 e. The number of halogens is 3. The summed E-state index contributed by atoms with van der Waals surface area (Å²) in [4.78, 5) is 1.29. The van der Waals surface area contributed by atoms with Crippen molar-refractivity contribution in [1.29, 1.82) is 0 Å².